The lowest BCUT2D eigenvalue weighted by Gasteiger charge is -2.36. The van der Waals surface area contributed by atoms with Gasteiger partial charge in [-0.3, -0.25) is 19.2 Å². The highest BCUT2D eigenvalue weighted by Crippen LogP contribution is 2.21. The largest absolute Gasteiger partial charge is 0.497 e. The van der Waals surface area contributed by atoms with Crippen molar-refractivity contribution in [2.75, 3.05) is 44.7 Å². The van der Waals surface area contributed by atoms with Crippen molar-refractivity contribution in [3.63, 3.8) is 0 Å². The molecule has 7 nitrogen and oxygen atoms in total. The summed E-state index contributed by atoms with van der Waals surface area (Å²) >= 11 is 0. The Bertz CT molecular complexity index is 1280. The third-order valence-corrected chi connectivity index (χ3v) is 6.25. The molecule has 1 aliphatic heterocycles. The van der Waals surface area contributed by atoms with Gasteiger partial charge in [-0.25, -0.2) is 4.98 Å². The van der Waals surface area contributed by atoms with Gasteiger partial charge in [0.2, 0.25) is 0 Å². The van der Waals surface area contributed by atoms with Gasteiger partial charge in [0.05, 0.1) is 29.9 Å². The van der Waals surface area contributed by atoms with E-state index in [1.54, 1.807) is 24.2 Å². The highest BCUT2D eigenvalue weighted by molar-refractivity contribution is 6.02. The molecule has 0 spiro atoms. The molecule has 4 aromatic rings. The molecule has 5 rings (SSSR count). The molecule has 0 amide bonds. The molecule has 0 saturated carbocycles. The van der Waals surface area contributed by atoms with E-state index < -0.39 is 0 Å². The number of aromatic nitrogens is 3. The minimum atomic E-state index is -0.0161. The van der Waals surface area contributed by atoms with Crippen molar-refractivity contribution in [2.45, 2.75) is 13.0 Å². The Morgan fingerprint density at radius 2 is 1.69 bits per heavy atom. The molecule has 1 aliphatic rings. The first-order chi connectivity index (χ1) is 15.7. The van der Waals surface area contributed by atoms with Crippen LogP contribution in [0, 0.1) is 0 Å². The molecule has 1 fully saturated rings. The first-order valence-electron chi connectivity index (χ1n) is 11.1. The zero-order valence-corrected chi connectivity index (χ0v) is 18.3. The fourth-order valence-electron chi connectivity index (χ4n) is 4.40. The Hall–Kier alpha value is -3.45. The number of piperazine rings is 1. The molecule has 1 saturated heterocycles. The van der Waals surface area contributed by atoms with Crippen LogP contribution in [0.25, 0.3) is 21.8 Å². The van der Waals surface area contributed by atoms with Gasteiger partial charge in [0, 0.05) is 50.0 Å². The second-order valence-electron chi connectivity index (χ2n) is 8.16. The lowest BCUT2D eigenvalue weighted by Crippen LogP contribution is -2.46. The summed E-state index contributed by atoms with van der Waals surface area (Å²) in [5.74, 6) is 0.884. The van der Waals surface area contributed by atoms with Gasteiger partial charge >= 0.3 is 0 Å². The van der Waals surface area contributed by atoms with Gasteiger partial charge in [0.15, 0.2) is 0 Å². The van der Waals surface area contributed by atoms with Crippen LogP contribution in [0.4, 0.5) is 5.69 Å². The van der Waals surface area contributed by atoms with E-state index in [-0.39, 0.29) is 5.56 Å². The van der Waals surface area contributed by atoms with E-state index in [1.165, 1.54) is 5.69 Å². The summed E-state index contributed by atoms with van der Waals surface area (Å²) in [4.78, 5) is 26.8. The summed E-state index contributed by atoms with van der Waals surface area (Å²) in [6.45, 7) is 5.68. The van der Waals surface area contributed by atoms with Crippen LogP contribution in [0.15, 0.2) is 65.8 Å². The fourth-order valence-corrected chi connectivity index (χ4v) is 4.40. The average molecular weight is 430 g/mol. The van der Waals surface area contributed by atoms with E-state index in [9.17, 15) is 4.79 Å². The summed E-state index contributed by atoms with van der Waals surface area (Å²) in [5.41, 5.74) is 2.81. The number of pyridine rings is 1. The second-order valence-corrected chi connectivity index (χ2v) is 8.16. The Kier molecular flexibility index (Phi) is 5.73. The molecule has 0 N–H and O–H groups in total. The molecule has 7 heteroatoms. The minimum absolute atomic E-state index is 0.0161. The SMILES string of the molecule is COc1ccc(N2CCN(CCCn3cnc4c(cnc5ccccc54)c3=O)CC2)cc1. The smallest absolute Gasteiger partial charge is 0.262 e. The number of rotatable bonds is 6. The molecule has 0 bridgehead atoms. The van der Waals surface area contributed by atoms with E-state index in [4.69, 9.17) is 4.74 Å². The Morgan fingerprint density at radius 3 is 2.47 bits per heavy atom. The summed E-state index contributed by atoms with van der Waals surface area (Å²) in [6, 6.07) is 16.1. The lowest BCUT2D eigenvalue weighted by molar-refractivity contribution is 0.250. The van der Waals surface area contributed by atoms with Crippen LogP contribution in [0.1, 0.15) is 6.42 Å². The Labute approximate surface area is 186 Å². The lowest BCUT2D eigenvalue weighted by atomic mass is 10.1. The van der Waals surface area contributed by atoms with Crippen molar-refractivity contribution in [1.82, 2.24) is 19.4 Å². The molecule has 3 heterocycles. The van der Waals surface area contributed by atoms with Crippen LogP contribution < -0.4 is 15.2 Å². The Balaban J connectivity index is 1.18. The monoisotopic (exact) mass is 429 g/mol. The molecule has 2 aromatic heterocycles. The van der Waals surface area contributed by atoms with Gasteiger partial charge in [-0.1, -0.05) is 18.2 Å². The molecule has 32 heavy (non-hydrogen) atoms. The first kappa shape index (κ1) is 20.5. The number of methoxy groups -OCH3 is 1. The molecule has 0 unspecified atom stereocenters. The zero-order chi connectivity index (χ0) is 21.9. The van der Waals surface area contributed by atoms with Crippen molar-refractivity contribution in [2.24, 2.45) is 0 Å². The van der Waals surface area contributed by atoms with Crippen LogP contribution in [0.3, 0.4) is 0 Å². The van der Waals surface area contributed by atoms with Gasteiger partial charge < -0.3 is 9.64 Å². The van der Waals surface area contributed by atoms with Crippen LogP contribution in [-0.2, 0) is 6.54 Å². The molecule has 2 aromatic carbocycles. The number of hydrogen-bond donors (Lipinski definition) is 0. The third kappa shape index (κ3) is 4.03. The normalized spacial score (nSPS) is 14.8. The van der Waals surface area contributed by atoms with Crippen LogP contribution >= 0.6 is 0 Å². The number of fused-ring (bicyclic) bond motifs is 3. The molecular formula is C25H27N5O2. The van der Waals surface area contributed by atoms with Crippen LogP contribution in [0.5, 0.6) is 5.75 Å². The number of benzene rings is 2. The van der Waals surface area contributed by atoms with Crippen LogP contribution in [-0.4, -0.2) is 59.3 Å². The van der Waals surface area contributed by atoms with Gasteiger partial charge in [-0.05, 0) is 43.3 Å². The highest BCUT2D eigenvalue weighted by atomic mass is 16.5. The highest BCUT2D eigenvalue weighted by Gasteiger charge is 2.17. The average Bonchev–Trinajstić information content (AvgIpc) is 2.86. The first-order valence-corrected chi connectivity index (χ1v) is 11.1. The maximum absolute atomic E-state index is 13.0. The quantitative estimate of drug-likeness (QED) is 0.439. The van der Waals surface area contributed by atoms with Crippen molar-refractivity contribution < 1.29 is 4.74 Å². The van der Waals surface area contributed by atoms with E-state index in [0.29, 0.717) is 11.9 Å². The van der Waals surface area contributed by atoms with E-state index in [2.05, 4.69) is 31.9 Å². The third-order valence-electron chi connectivity index (χ3n) is 6.25. The summed E-state index contributed by atoms with van der Waals surface area (Å²) in [7, 11) is 1.69. The predicted molar refractivity (Wildman–Crippen MR) is 128 cm³/mol. The van der Waals surface area contributed by atoms with E-state index in [0.717, 1.165) is 61.3 Å². The number of para-hydroxylation sites is 1. The molecule has 0 atom stereocenters. The van der Waals surface area contributed by atoms with E-state index >= 15 is 0 Å². The zero-order valence-electron chi connectivity index (χ0n) is 18.3. The van der Waals surface area contributed by atoms with Gasteiger partial charge in [0.25, 0.3) is 5.56 Å². The second kappa shape index (κ2) is 8.96. The van der Waals surface area contributed by atoms with Gasteiger partial charge in [-0.15, -0.1) is 0 Å². The van der Waals surface area contributed by atoms with E-state index in [1.807, 2.05) is 36.4 Å². The molecule has 0 aliphatic carbocycles. The fraction of sp³-hybridized carbons (Fsp3) is 0.320. The molecule has 164 valence electrons. The topological polar surface area (TPSA) is 63.5 Å². The standard InChI is InChI=1S/C25H27N5O2/c1-32-20-9-7-19(8-10-20)29-15-13-28(14-16-29)11-4-12-30-18-27-24-21-5-2-3-6-23(21)26-17-22(24)25(30)31/h2-3,5-10,17-18H,4,11-16H2,1H3. The summed E-state index contributed by atoms with van der Waals surface area (Å²) < 4.78 is 6.96. The number of anilines is 1. The molecular weight excluding hydrogens is 402 g/mol. The maximum Gasteiger partial charge on any atom is 0.262 e. The van der Waals surface area contributed by atoms with Gasteiger partial charge in [0.1, 0.15) is 5.75 Å². The van der Waals surface area contributed by atoms with Crippen molar-refractivity contribution >= 4 is 27.5 Å². The summed E-state index contributed by atoms with van der Waals surface area (Å²) in [6.07, 6.45) is 4.25. The number of hydrogen-bond acceptors (Lipinski definition) is 6. The number of nitrogens with zero attached hydrogens (tertiary/aromatic N) is 5. The maximum atomic E-state index is 13.0. The summed E-state index contributed by atoms with van der Waals surface area (Å²) in [5, 5.41) is 1.50. The van der Waals surface area contributed by atoms with Crippen molar-refractivity contribution in [1.29, 1.82) is 0 Å². The van der Waals surface area contributed by atoms with Crippen molar-refractivity contribution in [3.8, 4) is 5.75 Å². The minimum Gasteiger partial charge on any atom is -0.497 e. The van der Waals surface area contributed by atoms with Gasteiger partial charge in [-0.2, -0.15) is 0 Å². The Morgan fingerprint density at radius 1 is 0.906 bits per heavy atom. The van der Waals surface area contributed by atoms with Crippen molar-refractivity contribution in [3.05, 3.63) is 71.4 Å². The predicted octanol–water partition coefficient (Wildman–Crippen LogP) is 3.17. The number of aryl methyl sites for hydroxylation is 1. The molecule has 0 radical (unpaired) electrons. The van der Waals surface area contributed by atoms with Crippen LogP contribution in [0.2, 0.25) is 0 Å². The number of ether oxygens (including phenoxy) is 1.